The summed E-state index contributed by atoms with van der Waals surface area (Å²) in [6.07, 6.45) is 2.61. The first kappa shape index (κ1) is 14.3. The van der Waals surface area contributed by atoms with Gasteiger partial charge in [0.1, 0.15) is 5.82 Å². The number of carbonyl (C=O) groups excluding carboxylic acids is 1. The maximum absolute atomic E-state index is 13.4. The van der Waals surface area contributed by atoms with Crippen molar-refractivity contribution in [3.63, 3.8) is 0 Å². The molecule has 108 valence electrons. The van der Waals surface area contributed by atoms with Gasteiger partial charge in [0, 0.05) is 6.54 Å². The van der Waals surface area contributed by atoms with Crippen LogP contribution < -0.4 is 10.6 Å². The zero-order valence-corrected chi connectivity index (χ0v) is 11.0. The van der Waals surface area contributed by atoms with Crippen LogP contribution >= 0.6 is 0 Å². The largest absolute Gasteiger partial charge is 0.481 e. The molecule has 20 heavy (non-hydrogen) atoms. The summed E-state index contributed by atoms with van der Waals surface area (Å²) in [6, 6.07) is 5.36. The van der Waals surface area contributed by atoms with Gasteiger partial charge in [0.2, 0.25) is 0 Å². The average molecular weight is 280 g/mol. The van der Waals surface area contributed by atoms with Gasteiger partial charge in [-0.3, -0.25) is 4.79 Å². The Balaban J connectivity index is 1.86. The Kier molecular flexibility index (Phi) is 4.22. The van der Waals surface area contributed by atoms with Gasteiger partial charge in [-0.15, -0.1) is 0 Å². The van der Waals surface area contributed by atoms with Crippen LogP contribution in [0.15, 0.2) is 24.3 Å². The fourth-order valence-electron chi connectivity index (χ4n) is 2.41. The lowest BCUT2D eigenvalue weighted by Crippen LogP contribution is -2.44. The first-order chi connectivity index (χ1) is 9.51. The first-order valence-electron chi connectivity index (χ1n) is 6.52. The van der Waals surface area contributed by atoms with E-state index in [0.717, 1.165) is 19.3 Å². The molecule has 1 aromatic rings. The number of nitrogens with one attached hydrogen (secondary N) is 2. The number of hydrogen-bond acceptors (Lipinski definition) is 2. The second kappa shape index (κ2) is 5.90. The minimum atomic E-state index is -0.860. The van der Waals surface area contributed by atoms with Crippen LogP contribution in [0, 0.1) is 11.2 Å². The molecular weight excluding hydrogens is 263 g/mol. The van der Waals surface area contributed by atoms with Crippen molar-refractivity contribution in [2.24, 2.45) is 5.41 Å². The van der Waals surface area contributed by atoms with Crippen molar-refractivity contribution in [3.8, 4) is 0 Å². The first-order valence-corrected chi connectivity index (χ1v) is 6.52. The van der Waals surface area contributed by atoms with Crippen molar-refractivity contribution < 1.29 is 19.1 Å². The standard InChI is InChI=1S/C14H17FN2O3/c15-10-4-1-2-5-11(10)17-13(20)16-9-14(6-3-7-14)8-12(18)19/h1-2,4-5H,3,6-9H2,(H,18,19)(H2,16,17,20). The molecule has 1 fully saturated rings. The van der Waals surface area contributed by atoms with Crippen LogP contribution in [-0.4, -0.2) is 23.7 Å². The van der Waals surface area contributed by atoms with E-state index in [1.165, 1.54) is 18.2 Å². The van der Waals surface area contributed by atoms with E-state index in [2.05, 4.69) is 10.6 Å². The third-order valence-corrected chi connectivity index (χ3v) is 3.69. The number of carboxylic acid groups (broad SMARTS) is 1. The molecule has 1 aliphatic rings. The van der Waals surface area contributed by atoms with E-state index in [9.17, 15) is 14.0 Å². The van der Waals surface area contributed by atoms with Crippen LogP contribution in [0.3, 0.4) is 0 Å². The number of anilines is 1. The zero-order valence-electron chi connectivity index (χ0n) is 11.0. The number of urea groups is 1. The highest BCUT2D eigenvalue weighted by Crippen LogP contribution is 2.43. The summed E-state index contributed by atoms with van der Waals surface area (Å²) in [4.78, 5) is 22.5. The fourth-order valence-corrected chi connectivity index (χ4v) is 2.41. The summed E-state index contributed by atoms with van der Waals surface area (Å²) in [6.45, 7) is 0.291. The average Bonchev–Trinajstić information content (AvgIpc) is 2.35. The third kappa shape index (κ3) is 3.46. The Morgan fingerprint density at radius 3 is 2.55 bits per heavy atom. The van der Waals surface area contributed by atoms with E-state index < -0.39 is 17.8 Å². The Hall–Kier alpha value is -2.11. The van der Waals surface area contributed by atoms with Gasteiger partial charge in [-0.2, -0.15) is 0 Å². The maximum Gasteiger partial charge on any atom is 0.319 e. The number of hydrogen-bond donors (Lipinski definition) is 3. The summed E-state index contributed by atoms with van der Waals surface area (Å²) >= 11 is 0. The molecule has 0 radical (unpaired) electrons. The SMILES string of the molecule is O=C(O)CC1(CNC(=O)Nc2ccccc2F)CCC1. The molecule has 0 aliphatic heterocycles. The van der Waals surface area contributed by atoms with Gasteiger partial charge in [0.25, 0.3) is 0 Å². The van der Waals surface area contributed by atoms with Crippen molar-refractivity contribution in [2.75, 3.05) is 11.9 Å². The second-order valence-corrected chi connectivity index (χ2v) is 5.21. The molecule has 1 saturated carbocycles. The lowest BCUT2D eigenvalue weighted by atomic mass is 9.66. The van der Waals surface area contributed by atoms with Gasteiger partial charge >= 0.3 is 12.0 Å². The number of aliphatic carboxylic acids is 1. The number of amides is 2. The van der Waals surface area contributed by atoms with E-state index >= 15 is 0 Å². The topological polar surface area (TPSA) is 78.4 Å². The Morgan fingerprint density at radius 1 is 1.30 bits per heavy atom. The van der Waals surface area contributed by atoms with Crippen molar-refractivity contribution in [1.29, 1.82) is 0 Å². The van der Waals surface area contributed by atoms with Crippen molar-refractivity contribution in [1.82, 2.24) is 5.32 Å². The molecule has 0 spiro atoms. The van der Waals surface area contributed by atoms with Crippen LogP contribution in [0.4, 0.5) is 14.9 Å². The van der Waals surface area contributed by atoms with Crippen molar-refractivity contribution >= 4 is 17.7 Å². The summed E-state index contributed by atoms with van der Waals surface area (Å²) in [5.41, 5.74) is -0.246. The molecule has 1 aromatic carbocycles. The fraction of sp³-hybridized carbons (Fsp3) is 0.429. The van der Waals surface area contributed by atoms with Gasteiger partial charge < -0.3 is 15.7 Å². The molecule has 0 aromatic heterocycles. The molecule has 6 heteroatoms. The van der Waals surface area contributed by atoms with E-state index in [-0.39, 0.29) is 17.5 Å². The van der Waals surface area contributed by atoms with E-state index in [1.54, 1.807) is 6.07 Å². The Labute approximate surface area is 116 Å². The van der Waals surface area contributed by atoms with E-state index in [4.69, 9.17) is 5.11 Å². The normalized spacial score (nSPS) is 16.1. The van der Waals surface area contributed by atoms with E-state index in [0.29, 0.717) is 6.54 Å². The predicted molar refractivity (Wildman–Crippen MR) is 72.0 cm³/mol. The summed E-state index contributed by atoms with van der Waals surface area (Å²) in [5.74, 6) is -1.37. The highest BCUT2D eigenvalue weighted by molar-refractivity contribution is 5.89. The molecule has 0 bridgehead atoms. The number of carboxylic acids is 1. The number of para-hydroxylation sites is 1. The highest BCUT2D eigenvalue weighted by Gasteiger charge is 2.39. The van der Waals surface area contributed by atoms with Crippen LogP contribution in [0.1, 0.15) is 25.7 Å². The van der Waals surface area contributed by atoms with Crippen LogP contribution in [0.25, 0.3) is 0 Å². The molecule has 0 unspecified atom stereocenters. The molecule has 2 amide bonds. The molecule has 3 N–H and O–H groups in total. The van der Waals surface area contributed by atoms with Crippen LogP contribution in [0.2, 0.25) is 0 Å². The number of benzene rings is 1. The van der Waals surface area contributed by atoms with Gasteiger partial charge in [0.05, 0.1) is 12.1 Å². The molecular formula is C14H17FN2O3. The van der Waals surface area contributed by atoms with Crippen LogP contribution in [-0.2, 0) is 4.79 Å². The molecule has 0 heterocycles. The Morgan fingerprint density at radius 2 is 2.00 bits per heavy atom. The maximum atomic E-state index is 13.4. The quantitative estimate of drug-likeness (QED) is 0.775. The highest BCUT2D eigenvalue weighted by atomic mass is 19.1. The number of carbonyl (C=O) groups is 2. The lowest BCUT2D eigenvalue weighted by molar-refractivity contribution is -0.141. The summed E-state index contributed by atoms with van der Waals surface area (Å²) in [7, 11) is 0. The molecule has 0 saturated heterocycles. The molecule has 5 nitrogen and oxygen atoms in total. The third-order valence-electron chi connectivity index (χ3n) is 3.69. The van der Waals surface area contributed by atoms with Gasteiger partial charge in [-0.1, -0.05) is 18.6 Å². The Bertz CT molecular complexity index is 515. The summed E-state index contributed by atoms with van der Waals surface area (Å²) in [5, 5.41) is 13.9. The minimum Gasteiger partial charge on any atom is -0.481 e. The van der Waals surface area contributed by atoms with Crippen molar-refractivity contribution in [2.45, 2.75) is 25.7 Å². The molecule has 1 aliphatic carbocycles. The van der Waals surface area contributed by atoms with Gasteiger partial charge in [0.15, 0.2) is 0 Å². The van der Waals surface area contributed by atoms with Gasteiger partial charge in [-0.05, 0) is 30.4 Å². The number of halogens is 1. The molecule has 0 atom stereocenters. The molecule has 2 rings (SSSR count). The minimum absolute atomic E-state index is 0.0486. The van der Waals surface area contributed by atoms with Crippen LogP contribution in [0.5, 0.6) is 0 Å². The number of rotatable bonds is 5. The van der Waals surface area contributed by atoms with Gasteiger partial charge in [-0.25, -0.2) is 9.18 Å². The second-order valence-electron chi connectivity index (χ2n) is 5.21. The lowest BCUT2D eigenvalue weighted by Gasteiger charge is -2.40. The predicted octanol–water partition coefficient (Wildman–Crippen LogP) is 2.59. The van der Waals surface area contributed by atoms with E-state index in [1.807, 2.05) is 0 Å². The smallest absolute Gasteiger partial charge is 0.319 e. The van der Waals surface area contributed by atoms with Crippen molar-refractivity contribution in [3.05, 3.63) is 30.1 Å². The summed E-state index contributed by atoms with van der Waals surface area (Å²) < 4.78 is 13.4. The zero-order chi connectivity index (χ0) is 14.6. The monoisotopic (exact) mass is 280 g/mol.